The number of nitrogens with one attached hydrogen (secondary N) is 1. The van der Waals surface area contributed by atoms with Gasteiger partial charge in [0, 0.05) is 11.9 Å². The lowest BCUT2D eigenvalue weighted by Crippen LogP contribution is -2.28. The summed E-state index contributed by atoms with van der Waals surface area (Å²) >= 11 is 0.996. The molecule has 2 rings (SSSR count). The lowest BCUT2D eigenvalue weighted by molar-refractivity contribution is 0.0947. The molecule has 5 nitrogen and oxygen atoms in total. The molecule has 0 aromatic carbocycles. The molecule has 1 fully saturated rings. The molecule has 1 aliphatic rings. The molecule has 1 amide bonds. The quantitative estimate of drug-likeness (QED) is 0.888. The first-order valence-electron chi connectivity index (χ1n) is 6.68. The average Bonchev–Trinajstić information content (AvgIpc) is 2.91. The second-order valence-electron chi connectivity index (χ2n) is 5.60. The number of rotatable bonds is 4. The Bertz CT molecular complexity index is 607. The van der Waals surface area contributed by atoms with Crippen LogP contribution < -0.4 is 10.5 Å². The Balaban J connectivity index is 2.01. The molecular formula is C13H20N2O3S2. The van der Waals surface area contributed by atoms with Crippen molar-refractivity contribution in [3.05, 3.63) is 16.5 Å². The molecule has 2 unspecified atom stereocenters. The Hall–Kier alpha value is -0.920. The number of carbonyl (C=O) groups is 1. The molecule has 0 aliphatic heterocycles. The minimum Gasteiger partial charge on any atom is -0.352 e. The fraction of sp³-hybridized carbons (Fsp3) is 0.615. The lowest BCUT2D eigenvalue weighted by Gasteiger charge is -2.11. The van der Waals surface area contributed by atoms with Crippen LogP contribution >= 0.6 is 11.3 Å². The van der Waals surface area contributed by atoms with E-state index in [0.717, 1.165) is 30.1 Å². The van der Waals surface area contributed by atoms with Crippen molar-refractivity contribution in [3.8, 4) is 0 Å². The van der Waals surface area contributed by atoms with Gasteiger partial charge in [0.25, 0.3) is 5.91 Å². The lowest BCUT2D eigenvalue weighted by atomic mass is 10.1. The third-order valence-corrected chi connectivity index (χ3v) is 6.53. The van der Waals surface area contributed by atoms with Crippen molar-refractivity contribution in [1.29, 1.82) is 0 Å². The Morgan fingerprint density at radius 1 is 1.50 bits per heavy atom. The Morgan fingerprint density at radius 2 is 2.20 bits per heavy atom. The van der Waals surface area contributed by atoms with Gasteiger partial charge in [-0.3, -0.25) is 4.79 Å². The molecule has 0 saturated heterocycles. The van der Waals surface area contributed by atoms with E-state index in [2.05, 4.69) is 12.2 Å². The Morgan fingerprint density at radius 3 is 2.70 bits per heavy atom. The number of thiophene rings is 1. The molecule has 1 heterocycles. The van der Waals surface area contributed by atoms with Crippen LogP contribution in [-0.2, 0) is 10.0 Å². The first-order valence-corrected chi connectivity index (χ1v) is 9.10. The summed E-state index contributed by atoms with van der Waals surface area (Å²) in [5, 5.41) is 9.57. The average molecular weight is 316 g/mol. The number of hydrogen-bond donors (Lipinski definition) is 2. The van der Waals surface area contributed by atoms with E-state index >= 15 is 0 Å². The number of carbonyl (C=O) groups excluding carboxylic acids is 1. The first-order chi connectivity index (χ1) is 9.29. The fourth-order valence-electron chi connectivity index (χ4n) is 2.75. The molecule has 0 spiro atoms. The predicted octanol–water partition coefficient (Wildman–Crippen LogP) is 1.87. The van der Waals surface area contributed by atoms with Crippen molar-refractivity contribution < 1.29 is 13.2 Å². The number of primary sulfonamides is 1. The van der Waals surface area contributed by atoms with Crippen molar-refractivity contribution in [3.63, 3.8) is 0 Å². The van der Waals surface area contributed by atoms with E-state index in [0.29, 0.717) is 23.6 Å². The highest BCUT2D eigenvalue weighted by Crippen LogP contribution is 2.30. The van der Waals surface area contributed by atoms with E-state index in [-0.39, 0.29) is 10.1 Å². The molecule has 3 N–H and O–H groups in total. The summed E-state index contributed by atoms with van der Waals surface area (Å²) in [5.41, 5.74) is 0.847. The summed E-state index contributed by atoms with van der Waals surface area (Å²) in [6.45, 7) is 4.50. The number of hydrogen-bond acceptors (Lipinski definition) is 4. The maximum absolute atomic E-state index is 12.1. The van der Waals surface area contributed by atoms with Crippen LogP contribution in [0.5, 0.6) is 0 Å². The molecule has 0 bridgehead atoms. The van der Waals surface area contributed by atoms with Gasteiger partial charge in [-0.15, -0.1) is 11.3 Å². The van der Waals surface area contributed by atoms with E-state index in [9.17, 15) is 13.2 Å². The van der Waals surface area contributed by atoms with Crippen molar-refractivity contribution >= 4 is 27.3 Å². The molecule has 7 heteroatoms. The largest absolute Gasteiger partial charge is 0.352 e. The normalized spacial score (nSPS) is 22.9. The topological polar surface area (TPSA) is 89.3 Å². The Kier molecular flexibility index (Phi) is 4.51. The second-order valence-corrected chi connectivity index (χ2v) is 8.24. The van der Waals surface area contributed by atoms with Crippen LogP contribution in [0.25, 0.3) is 0 Å². The highest BCUT2D eigenvalue weighted by atomic mass is 32.2. The van der Waals surface area contributed by atoms with Crippen molar-refractivity contribution in [2.45, 2.75) is 37.3 Å². The van der Waals surface area contributed by atoms with E-state index in [1.165, 1.54) is 6.42 Å². The minimum atomic E-state index is -3.75. The summed E-state index contributed by atoms with van der Waals surface area (Å²) in [5.74, 6) is 1.05. The highest BCUT2D eigenvalue weighted by Gasteiger charge is 2.24. The van der Waals surface area contributed by atoms with Gasteiger partial charge < -0.3 is 5.32 Å². The van der Waals surface area contributed by atoms with Crippen LogP contribution in [0.4, 0.5) is 0 Å². The van der Waals surface area contributed by atoms with E-state index in [4.69, 9.17) is 5.14 Å². The van der Waals surface area contributed by atoms with Gasteiger partial charge in [-0.1, -0.05) is 13.3 Å². The van der Waals surface area contributed by atoms with Gasteiger partial charge >= 0.3 is 0 Å². The molecule has 2 atom stereocenters. The van der Waals surface area contributed by atoms with Crippen LogP contribution in [0.3, 0.4) is 0 Å². The second kappa shape index (κ2) is 5.83. The summed E-state index contributed by atoms with van der Waals surface area (Å²) in [4.78, 5) is 12.1. The van der Waals surface area contributed by atoms with Crippen molar-refractivity contribution in [1.82, 2.24) is 5.32 Å². The van der Waals surface area contributed by atoms with Gasteiger partial charge in [-0.2, -0.15) is 0 Å². The number of amides is 1. The fourth-order valence-corrected chi connectivity index (χ4v) is 4.76. The smallest absolute Gasteiger partial charge is 0.252 e. The zero-order valence-corrected chi connectivity index (χ0v) is 13.3. The number of nitrogens with two attached hydrogens (primary N) is 1. The van der Waals surface area contributed by atoms with Gasteiger partial charge in [0.15, 0.2) is 0 Å². The number of sulfonamides is 1. The molecule has 1 saturated carbocycles. The van der Waals surface area contributed by atoms with E-state index in [1.54, 1.807) is 12.3 Å². The van der Waals surface area contributed by atoms with Gasteiger partial charge in [0.1, 0.15) is 4.21 Å². The predicted molar refractivity (Wildman–Crippen MR) is 79.3 cm³/mol. The minimum absolute atomic E-state index is 0.0668. The zero-order valence-electron chi connectivity index (χ0n) is 11.7. The summed E-state index contributed by atoms with van der Waals surface area (Å²) in [7, 11) is -3.75. The monoisotopic (exact) mass is 316 g/mol. The highest BCUT2D eigenvalue weighted by molar-refractivity contribution is 7.91. The van der Waals surface area contributed by atoms with Crippen LogP contribution in [0.1, 0.15) is 42.1 Å². The van der Waals surface area contributed by atoms with Gasteiger partial charge in [0.05, 0.1) is 5.56 Å². The summed E-state index contributed by atoms with van der Waals surface area (Å²) < 4.78 is 22.8. The molecule has 112 valence electrons. The van der Waals surface area contributed by atoms with Crippen LogP contribution in [0.2, 0.25) is 0 Å². The summed E-state index contributed by atoms with van der Waals surface area (Å²) in [6, 6.07) is 0. The van der Waals surface area contributed by atoms with Crippen LogP contribution in [0, 0.1) is 18.8 Å². The molecular weight excluding hydrogens is 296 g/mol. The van der Waals surface area contributed by atoms with Gasteiger partial charge in [-0.25, -0.2) is 13.6 Å². The van der Waals surface area contributed by atoms with Gasteiger partial charge in [-0.05, 0) is 37.2 Å². The molecule has 1 aromatic rings. The maximum atomic E-state index is 12.1. The molecule has 20 heavy (non-hydrogen) atoms. The Labute approximate surface area is 123 Å². The van der Waals surface area contributed by atoms with E-state index in [1.807, 2.05) is 0 Å². The van der Waals surface area contributed by atoms with Crippen LogP contribution in [-0.4, -0.2) is 20.9 Å². The first kappa shape index (κ1) is 15.5. The zero-order chi connectivity index (χ0) is 14.9. The SMILES string of the molecule is Cc1c(C(=O)NCC2CCC(C)C2)csc1S(N)(=O)=O. The maximum Gasteiger partial charge on any atom is 0.252 e. The van der Waals surface area contributed by atoms with Crippen molar-refractivity contribution in [2.75, 3.05) is 6.54 Å². The van der Waals surface area contributed by atoms with Crippen molar-refractivity contribution in [2.24, 2.45) is 17.0 Å². The van der Waals surface area contributed by atoms with Crippen LogP contribution in [0.15, 0.2) is 9.59 Å². The molecule has 1 aliphatic carbocycles. The van der Waals surface area contributed by atoms with E-state index < -0.39 is 10.0 Å². The third kappa shape index (κ3) is 3.39. The van der Waals surface area contributed by atoms with Gasteiger partial charge in [0.2, 0.25) is 10.0 Å². The molecule has 0 radical (unpaired) electrons. The molecule has 1 aromatic heterocycles. The third-order valence-electron chi connectivity index (χ3n) is 3.85. The standard InChI is InChI=1S/C13H20N2O3S2/c1-8-3-4-10(5-8)6-15-12(16)11-7-19-13(9(11)2)20(14,17)18/h7-8,10H,3-6H2,1-2H3,(H,15,16)(H2,14,17,18). The summed E-state index contributed by atoms with van der Waals surface area (Å²) in [6.07, 6.45) is 3.51.